The van der Waals surface area contributed by atoms with Gasteiger partial charge in [-0.05, 0) is 41.1 Å². The molecule has 0 unspecified atom stereocenters. The molecule has 0 saturated carbocycles. The lowest BCUT2D eigenvalue weighted by Gasteiger charge is -1.87. The highest BCUT2D eigenvalue weighted by Crippen LogP contribution is 2.27. The molecule has 0 aliphatic rings. The minimum absolute atomic E-state index is 0.754. The highest BCUT2D eigenvalue weighted by atomic mass is 79.9. The van der Waals surface area contributed by atoms with Crippen LogP contribution >= 0.6 is 27.3 Å². The summed E-state index contributed by atoms with van der Waals surface area (Å²) in [5, 5.41) is 0. The fourth-order valence-corrected chi connectivity index (χ4v) is 2.70. The zero-order valence-corrected chi connectivity index (χ0v) is 10.9. The number of aryl methyl sites for hydroxylation is 1. The molecule has 3 aromatic heterocycles. The summed E-state index contributed by atoms with van der Waals surface area (Å²) in [6.07, 6.45) is 1.76. The molecule has 1 N–H and O–H groups in total. The van der Waals surface area contributed by atoms with Gasteiger partial charge in [-0.25, -0.2) is 9.97 Å². The highest BCUT2D eigenvalue weighted by Gasteiger charge is 2.07. The Labute approximate surface area is 105 Å². The molecule has 5 heteroatoms. The molecule has 0 amide bonds. The number of aromatic amines is 1. The third kappa shape index (κ3) is 1.66. The minimum atomic E-state index is 0.754. The summed E-state index contributed by atoms with van der Waals surface area (Å²) in [6.45, 7) is 2.09. The predicted molar refractivity (Wildman–Crippen MR) is 69.6 cm³/mol. The van der Waals surface area contributed by atoms with Crippen molar-refractivity contribution in [3.63, 3.8) is 0 Å². The average molecular weight is 294 g/mol. The fourth-order valence-electron chi connectivity index (χ4n) is 1.55. The van der Waals surface area contributed by atoms with Crippen LogP contribution in [0.5, 0.6) is 0 Å². The van der Waals surface area contributed by atoms with Gasteiger partial charge in [0.05, 0.1) is 10.4 Å². The molecule has 0 spiro atoms. The number of pyridine rings is 1. The number of aromatic nitrogens is 3. The van der Waals surface area contributed by atoms with Crippen molar-refractivity contribution in [2.24, 2.45) is 0 Å². The first-order valence-electron chi connectivity index (χ1n) is 4.80. The molecule has 3 heterocycles. The lowest BCUT2D eigenvalue weighted by molar-refractivity contribution is 1.31. The van der Waals surface area contributed by atoms with E-state index in [4.69, 9.17) is 0 Å². The van der Waals surface area contributed by atoms with Crippen molar-refractivity contribution in [3.05, 3.63) is 33.7 Å². The van der Waals surface area contributed by atoms with Gasteiger partial charge in [-0.1, -0.05) is 0 Å². The number of hydrogen-bond donors (Lipinski definition) is 1. The summed E-state index contributed by atoms with van der Waals surface area (Å²) in [4.78, 5) is 14.4. The molecule has 0 saturated heterocycles. The van der Waals surface area contributed by atoms with Crippen LogP contribution < -0.4 is 0 Å². The largest absolute Gasteiger partial charge is 0.336 e. The lowest BCUT2D eigenvalue weighted by Crippen LogP contribution is -1.75. The van der Waals surface area contributed by atoms with Crippen molar-refractivity contribution in [2.45, 2.75) is 6.92 Å². The number of fused-ring (bicyclic) bond motifs is 1. The molecule has 80 valence electrons. The van der Waals surface area contributed by atoms with E-state index in [2.05, 4.69) is 49.9 Å². The van der Waals surface area contributed by atoms with Gasteiger partial charge in [-0.3, -0.25) is 0 Å². The first-order valence-corrected chi connectivity index (χ1v) is 6.41. The Kier molecular flexibility index (Phi) is 2.29. The Hall–Kier alpha value is -1.20. The third-order valence-electron chi connectivity index (χ3n) is 2.28. The molecule has 0 fully saturated rings. The van der Waals surface area contributed by atoms with E-state index in [1.807, 2.05) is 6.07 Å². The van der Waals surface area contributed by atoms with E-state index in [1.54, 1.807) is 17.5 Å². The number of rotatable bonds is 1. The van der Waals surface area contributed by atoms with E-state index in [0.717, 1.165) is 26.3 Å². The number of imidazole rings is 1. The number of halogens is 1. The van der Waals surface area contributed by atoms with Crippen LogP contribution in [0.3, 0.4) is 0 Å². The molecule has 3 rings (SSSR count). The molecule has 16 heavy (non-hydrogen) atoms. The Bertz CT molecular complexity index is 656. The molecule has 3 nitrogen and oxygen atoms in total. The van der Waals surface area contributed by atoms with Crippen LogP contribution in [0.25, 0.3) is 21.9 Å². The molecule has 3 aromatic rings. The SMILES string of the molecule is Cc1ccc(-c2nc3ncc(Br)cc3[nH]2)s1. The van der Waals surface area contributed by atoms with Gasteiger partial charge in [0.15, 0.2) is 11.5 Å². The van der Waals surface area contributed by atoms with Crippen molar-refractivity contribution in [1.29, 1.82) is 0 Å². The van der Waals surface area contributed by atoms with E-state index >= 15 is 0 Å². The van der Waals surface area contributed by atoms with Gasteiger partial charge in [-0.2, -0.15) is 0 Å². The maximum atomic E-state index is 4.46. The van der Waals surface area contributed by atoms with Crippen LogP contribution in [0.2, 0.25) is 0 Å². The molecule has 0 bridgehead atoms. The minimum Gasteiger partial charge on any atom is -0.336 e. The third-order valence-corrected chi connectivity index (χ3v) is 3.72. The highest BCUT2D eigenvalue weighted by molar-refractivity contribution is 9.10. The zero-order chi connectivity index (χ0) is 11.1. The number of thiophene rings is 1. The van der Waals surface area contributed by atoms with Crippen LogP contribution in [-0.2, 0) is 0 Å². The summed E-state index contributed by atoms with van der Waals surface area (Å²) in [7, 11) is 0. The summed E-state index contributed by atoms with van der Waals surface area (Å²) < 4.78 is 0.956. The predicted octanol–water partition coefficient (Wildman–Crippen LogP) is 3.76. The summed E-state index contributed by atoms with van der Waals surface area (Å²) in [6, 6.07) is 6.16. The first kappa shape index (κ1) is 9.99. The van der Waals surface area contributed by atoms with Gasteiger partial charge in [0.2, 0.25) is 0 Å². The van der Waals surface area contributed by atoms with E-state index in [0.29, 0.717) is 0 Å². The van der Waals surface area contributed by atoms with Crippen molar-refractivity contribution in [3.8, 4) is 10.7 Å². The summed E-state index contributed by atoms with van der Waals surface area (Å²) in [5.74, 6) is 0.888. The van der Waals surface area contributed by atoms with Crippen molar-refractivity contribution < 1.29 is 0 Å². The molecule has 0 atom stereocenters. The molecular formula is C11H8BrN3S. The normalized spacial score (nSPS) is 11.1. The van der Waals surface area contributed by atoms with Crippen LogP contribution in [0.15, 0.2) is 28.9 Å². The summed E-state index contributed by atoms with van der Waals surface area (Å²) >= 11 is 5.12. The Balaban J connectivity index is 2.18. The van der Waals surface area contributed by atoms with E-state index in [9.17, 15) is 0 Å². The quantitative estimate of drug-likeness (QED) is 0.742. The zero-order valence-electron chi connectivity index (χ0n) is 8.49. The second-order valence-electron chi connectivity index (χ2n) is 3.52. The Morgan fingerprint density at radius 1 is 1.38 bits per heavy atom. The smallest absolute Gasteiger partial charge is 0.178 e. The molecule has 0 radical (unpaired) electrons. The van der Waals surface area contributed by atoms with E-state index in [1.165, 1.54) is 4.88 Å². The fraction of sp³-hybridized carbons (Fsp3) is 0.0909. The van der Waals surface area contributed by atoms with Crippen LogP contribution in [-0.4, -0.2) is 15.0 Å². The van der Waals surface area contributed by atoms with Gasteiger partial charge < -0.3 is 4.98 Å². The summed E-state index contributed by atoms with van der Waals surface area (Å²) in [5.41, 5.74) is 1.71. The maximum Gasteiger partial charge on any atom is 0.178 e. The number of nitrogens with one attached hydrogen (secondary N) is 1. The van der Waals surface area contributed by atoms with Gasteiger partial charge in [0.25, 0.3) is 0 Å². The van der Waals surface area contributed by atoms with E-state index < -0.39 is 0 Å². The second kappa shape index (κ2) is 3.68. The van der Waals surface area contributed by atoms with Crippen LogP contribution in [0.4, 0.5) is 0 Å². The number of hydrogen-bond acceptors (Lipinski definition) is 3. The van der Waals surface area contributed by atoms with Gasteiger partial charge in [0.1, 0.15) is 0 Å². The standard InChI is InChI=1S/C11H8BrN3S/c1-6-2-3-9(16-6)11-14-8-4-7(12)5-13-10(8)15-11/h2-5H,1H3,(H,13,14,15). The van der Waals surface area contributed by atoms with Crippen molar-refractivity contribution >= 4 is 38.4 Å². The molecule has 0 aliphatic heterocycles. The topological polar surface area (TPSA) is 41.6 Å². The Morgan fingerprint density at radius 2 is 2.25 bits per heavy atom. The van der Waals surface area contributed by atoms with E-state index in [-0.39, 0.29) is 0 Å². The maximum absolute atomic E-state index is 4.46. The molecule has 0 aromatic carbocycles. The number of H-pyrrole nitrogens is 1. The second-order valence-corrected chi connectivity index (χ2v) is 5.72. The van der Waals surface area contributed by atoms with Crippen LogP contribution in [0.1, 0.15) is 4.88 Å². The average Bonchev–Trinajstić information content (AvgIpc) is 2.83. The van der Waals surface area contributed by atoms with Gasteiger partial charge in [-0.15, -0.1) is 11.3 Å². The van der Waals surface area contributed by atoms with Crippen molar-refractivity contribution in [1.82, 2.24) is 15.0 Å². The van der Waals surface area contributed by atoms with Gasteiger partial charge >= 0.3 is 0 Å². The Morgan fingerprint density at radius 3 is 3.00 bits per heavy atom. The van der Waals surface area contributed by atoms with Crippen molar-refractivity contribution in [2.75, 3.05) is 0 Å². The molecular weight excluding hydrogens is 286 g/mol. The molecule has 0 aliphatic carbocycles. The van der Waals surface area contributed by atoms with Crippen LogP contribution in [0, 0.1) is 6.92 Å². The lowest BCUT2D eigenvalue weighted by atomic mass is 10.4. The first-order chi connectivity index (χ1) is 7.72. The van der Waals surface area contributed by atoms with Gasteiger partial charge in [0, 0.05) is 15.5 Å². The number of nitrogens with zero attached hydrogens (tertiary/aromatic N) is 2. The monoisotopic (exact) mass is 293 g/mol.